The first-order valence-electron chi connectivity index (χ1n) is 18.1. The highest BCUT2D eigenvalue weighted by atomic mass is 79.9. The Balaban J connectivity index is 0.000000284. The maximum atomic E-state index is 14.0. The van der Waals surface area contributed by atoms with E-state index in [2.05, 4.69) is 38.5 Å². The van der Waals surface area contributed by atoms with Gasteiger partial charge in [0, 0.05) is 36.4 Å². The summed E-state index contributed by atoms with van der Waals surface area (Å²) in [5.74, 6) is -5.84. The lowest BCUT2D eigenvalue weighted by Crippen LogP contribution is -2.09. The second-order valence-electron chi connectivity index (χ2n) is 12.8. The van der Waals surface area contributed by atoms with Crippen LogP contribution in [0.2, 0.25) is 0 Å². The van der Waals surface area contributed by atoms with Gasteiger partial charge in [0.05, 0.1) is 37.9 Å². The number of alkyl halides is 1. The van der Waals surface area contributed by atoms with E-state index in [9.17, 15) is 37.1 Å². The fraction of sp³-hybridized carbons (Fsp3) is 0.233. The smallest absolute Gasteiger partial charge is 0.338 e. The predicted molar refractivity (Wildman–Crippen MR) is 232 cm³/mol. The van der Waals surface area contributed by atoms with Crippen LogP contribution in [0, 0.1) is 60.9 Å². The summed E-state index contributed by atoms with van der Waals surface area (Å²) >= 11 is 8.07. The minimum absolute atomic E-state index is 0.0982. The number of aryl methyl sites for hydroxylation is 3. The number of ether oxygens (including phenoxy) is 1. The zero-order valence-corrected chi connectivity index (χ0v) is 36.7. The fourth-order valence-corrected chi connectivity index (χ4v) is 6.89. The lowest BCUT2D eigenvalue weighted by molar-refractivity contribution is 0.0680. The lowest BCUT2D eigenvalue weighted by atomic mass is 10.1. The Bertz CT molecular complexity index is 2550. The van der Waals surface area contributed by atoms with Gasteiger partial charge in [0.25, 0.3) is 0 Å². The van der Waals surface area contributed by atoms with E-state index in [1.165, 1.54) is 92.9 Å². The number of nitrogens with one attached hydrogen (secondary N) is 2. The quantitative estimate of drug-likeness (QED) is 0.0510. The van der Waals surface area contributed by atoms with Crippen molar-refractivity contribution in [2.75, 3.05) is 13.2 Å². The second-order valence-corrected chi connectivity index (χ2v) is 14.8. The van der Waals surface area contributed by atoms with Crippen molar-refractivity contribution in [3.63, 3.8) is 0 Å². The van der Waals surface area contributed by atoms with E-state index >= 15 is 0 Å². The maximum Gasteiger partial charge on any atom is 0.338 e. The Morgan fingerprint density at radius 1 is 0.710 bits per heavy atom. The summed E-state index contributed by atoms with van der Waals surface area (Å²) in [6.45, 7) is 6.87. The average molecular weight is 958 g/mol. The molecule has 0 spiro atoms. The molecule has 1 aliphatic heterocycles. The maximum absolute atomic E-state index is 14.0. The summed E-state index contributed by atoms with van der Waals surface area (Å²) in [6, 6.07) is 19.3. The molecule has 0 bridgehead atoms. The standard InChI is InChI=1S/C15H11FN2O3S.C8H6BrFO2.C8H7FO2.C7H6N2OS.C5H10O/c1-8-5-12(19)18-14(11(8)6-17)22-7-9-3-2-4-10(13(9)16)15(20)21;9-4-5-2-1-3-6(7(5)10)8(11)12;1-5-3-2-4-6(7(5)9)8(10)11;1-4-2-6(10)9-7(11)5(4)3-8;1-2-4-6-5-3-1/h2-5H,7H2,1H3,(H,18,19)(H,20,21);1-3H,4H2,(H,11,12);2-4H,1H3,(H,10,11);2H,1H3,(H2,9,10,11);1-5H2. The van der Waals surface area contributed by atoms with Crippen molar-refractivity contribution < 1.29 is 47.6 Å². The summed E-state index contributed by atoms with van der Waals surface area (Å²) < 4.78 is 45.1. The fourth-order valence-electron chi connectivity index (χ4n) is 5.07. The summed E-state index contributed by atoms with van der Waals surface area (Å²) in [5, 5.41) is 44.6. The predicted octanol–water partition coefficient (Wildman–Crippen LogP) is 8.97. The van der Waals surface area contributed by atoms with E-state index in [0.29, 0.717) is 48.8 Å². The molecule has 326 valence electrons. The number of hydrogen-bond acceptors (Lipinski definition) is 10. The van der Waals surface area contributed by atoms with E-state index in [4.69, 9.17) is 30.6 Å². The number of halogens is 4. The number of aromatic nitrogens is 2. The Labute approximate surface area is 371 Å². The summed E-state index contributed by atoms with van der Waals surface area (Å²) in [4.78, 5) is 58.9. The normalized spacial score (nSPS) is 11.2. The zero-order chi connectivity index (χ0) is 46.5. The Hall–Kier alpha value is -6.12. The number of benzene rings is 3. The number of aromatic amines is 2. The topological polar surface area (TPSA) is 234 Å². The van der Waals surface area contributed by atoms with Gasteiger partial charge < -0.3 is 30.0 Å². The van der Waals surface area contributed by atoms with Gasteiger partial charge in [-0.3, -0.25) is 9.59 Å². The number of thiol groups is 1. The molecule has 0 radical (unpaired) electrons. The third-order valence-corrected chi connectivity index (χ3v) is 10.3. The van der Waals surface area contributed by atoms with Crippen molar-refractivity contribution >= 4 is 58.2 Å². The Kier molecular flexibility index (Phi) is 22.0. The van der Waals surface area contributed by atoms with Crippen molar-refractivity contribution in [1.82, 2.24) is 9.97 Å². The molecule has 6 rings (SSSR count). The highest BCUT2D eigenvalue weighted by molar-refractivity contribution is 9.08. The van der Waals surface area contributed by atoms with Crippen LogP contribution in [0.5, 0.6) is 0 Å². The second kappa shape index (κ2) is 26.3. The van der Waals surface area contributed by atoms with Gasteiger partial charge in [-0.2, -0.15) is 10.5 Å². The highest BCUT2D eigenvalue weighted by Crippen LogP contribution is 2.27. The van der Waals surface area contributed by atoms with E-state index in [0.717, 1.165) is 25.0 Å². The molecule has 0 saturated carbocycles. The first kappa shape index (κ1) is 52.0. The van der Waals surface area contributed by atoms with Crippen LogP contribution >= 0.6 is 40.3 Å². The monoisotopic (exact) mass is 956 g/mol. The number of thioether (sulfide) groups is 1. The van der Waals surface area contributed by atoms with Crippen LogP contribution in [0.15, 0.2) is 86.4 Å². The lowest BCUT2D eigenvalue weighted by Gasteiger charge is -2.08. The third-order valence-electron chi connectivity index (χ3n) is 8.28. The molecule has 3 heterocycles. The van der Waals surface area contributed by atoms with Crippen molar-refractivity contribution in [2.45, 2.75) is 61.2 Å². The molecule has 62 heavy (non-hydrogen) atoms. The van der Waals surface area contributed by atoms with Crippen molar-refractivity contribution in [3.05, 3.63) is 161 Å². The van der Waals surface area contributed by atoms with Gasteiger partial charge >= 0.3 is 17.9 Å². The van der Waals surface area contributed by atoms with Gasteiger partial charge in [-0.05, 0) is 86.1 Å². The number of nitriles is 2. The Morgan fingerprint density at radius 2 is 1.16 bits per heavy atom. The SMILES string of the molecule is C1CCOCC1.Cc1cc(=O)[nH]c(S)c1C#N.Cc1cc(=O)[nH]c(SCc2cccc(C(=O)O)c2F)c1C#N.Cc1cccc(C(=O)O)c1F.O=C(O)c1cccc(CBr)c1F. The van der Waals surface area contributed by atoms with E-state index in [1.54, 1.807) is 13.8 Å². The van der Waals surface area contributed by atoms with Crippen LogP contribution in [0.1, 0.15) is 89.3 Å². The van der Waals surface area contributed by atoms with Crippen molar-refractivity contribution in [1.29, 1.82) is 10.5 Å². The van der Waals surface area contributed by atoms with Crippen LogP contribution in [0.3, 0.4) is 0 Å². The van der Waals surface area contributed by atoms with E-state index in [1.807, 2.05) is 12.1 Å². The van der Waals surface area contributed by atoms with E-state index in [-0.39, 0.29) is 33.6 Å². The molecule has 2 aromatic heterocycles. The highest BCUT2D eigenvalue weighted by Gasteiger charge is 2.16. The Morgan fingerprint density at radius 3 is 1.58 bits per heavy atom. The van der Waals surface area contributed by atoms with Crippen LogP contribution in [0.4, 0.5) is 13.2 Å². The van der Waals surface area contributed by atoms with Crippen molar-refractivity contribution in [2.24, 2.45) is 0 Å². The third kappa shape index (κ3) is 16.1. The molecule has 5 aromatic rings. The molecular weight excluding hydrogens is 918 g/mol. The van der Waals surface area contributed by atoms with Crippen molar-refractivity contribution in [3.8, 4) is 12.1 Å². The molecule has 1 fully saturated rings. The van der Waals surface area contributed by atoms with E-state index < -0.39 is 40.9 Å². The van der Waals surface area contributed by atoms with Crippen LogP contribution in [-0.2, 0) is 15.8 Å². The molecular formula is C43H40BrF3N4O9S2. The summed E-state index contributed by atoms with van der Waals surface area (Å²) in [5.41, 5.74) is 1.29. The first-order chi connectivity index (χ1) is 29.4. The van der Waals surface area contributed by atoms with Crippen LogP contribution < -0.4 is 11.1 Å². The number of aromatic carboxylic acids is 3. The van der Waals surface area contributed by atoms with Gasteiger partial charge in [-0.15, -0.1) is 24.4 Å². The number of carboxylic acid groups (broad SMARTS) is 3. The molecule has 19 heteroatoms. The van der Waals surface area contributed by atoms with Gasteiger partial charge in [0.1, 0.15) is 29.6 Å². The van der Waals surface area contributed by atoms with Gasteiger partial charge in [-0.25, -0.2) is 27.6 Å². The van der Waals surface area contributed by atoms with Gasteiger partial charge in [0.15, 0.2) is 0 Å². The molecule has 0 unspecified atom stereocenters. The number of rotatable bonds is 7. The minimum atomic E-state index is -1.34. The van der Waals surface area contributed by atoms with Gasteiger partial charge in [-0.1, -0.05) is 52.3 Å². The first-order valence-corrected chi connectivity index (χ1v) is 20.7. The molecule has 0 amide bonds. The zero-order valence-electron chi connectivity index (χ0n) is 33.4. The average Bonchev–Trinajstić information content (AvgIpc) is 3.22. The molecule has 0 aliphatic carbocycles. The number of pyridine rings is 2. The number of hydrogen-bond donors (Lipinski definition) is 6. The number of nitrogens with zero attached hydrogens (tertiary/aromatic N) is 2. The van der Waals surface area contributed by atoms with Crippen LogP contribution in [-0.4, -0.2) is 56.4 Å². The van der Waals surface area contributed by atoms with Crippen LogP contribution in [0.25, 0.3) is 0 Å². The van der Waals surface area contributed by atoms with Gasteiger partial charge in [0.2, 0.25) is 11.1 Å². The summed E-state index contributed by atoms with van der Waals surface area (Å²) in [7, 11) is 0. The number of carbonyl (C=O) groups is 3. The minimum Gasteiger partial charge on any atom is -0.478 e. The molecule has 1 aliphatic rings. The molecule has 3 aromatic carbocycles. The molecule has 1 saturated heterocycles. The number of carboxylic acids is 3. The largest absolute Gasteiger partial charge is 0.478 e. The summed E-state index contributed by atoms with van der Waals surface area (Å²) in [6.07, 6.45) is 3.93. The number of H-pyrrole nitrogens is 2. The molecule has 0 atom stereocenters. The molecule has 13 nitrogen and oxygen atoms in total. The molecule has 5 N–H and O–H groups in total.